The van der Waals surface area contributed by atoms with Gasteiger partial charge in [0, 0.05) is 31.1 Å². The molecule has 0 fully saturated rings. The fourth-order valence-corrected chi connectivity index (χ4v) is 1.65. The average Bonchev–Trinajstić information content (AvgIpc) is 2.65. The van der Waals surface area contributed by atoms with Crippen molar-refractivity contribution in [2.75, 3.05) is 6.26 Å². The number of rotatable bonds is 1. The lowest BCUT2D eigenvalue weighted by Gasteiger charge is -1.93. The van der Waals surface area contributed by atoms with Gasteiger partial charge in [0.25, 0.3) is 0 Å². The van der Waals surface area contributed by atoms with E-state index in [2.05, 4.69) is 10.4 Å². The predicted molar refractivity (Wildman–Crippen MR) is 53.6 cm³/mol. The van der Waals surface area contributed by atoms with E-state index in [9.17, 15) is 4.21 Å². The minimum Gasteiger partial charge on any atom is -0.307 e. The normalized spacial score (nSPS) is 15.9. The fraction of sp³-hybridized carbons (Fsp3) is 0.625. The topological polar surface area (TPSA) is 46.9 Å². The smallest absolute Gasteiger partial charge is 0.136 e. The fourth-order valence-electron chi connectivity index (χ4n) is 1.16. The van der Waals surface area contributed by atoms with Crippen molar-refractivity contribution in [3.8, 4) is 0 Å². The van der Waals surface area contributed by atoms with Crippen molar-refractivity contribution in [2.45, 2.75) is 26.9 Å². The second kappa shape index (κ2) is 4.53. The van der Waals surface area contributed by atoms with Gasteiger partial charge < -0.3 is 5.32 Å². The lowest BCUT2D eigenvalue weighted by atomic mass is 10.3. The number of aromatic nitrogens is 2. The minimum absolute atomic E-state index is 0.805. The van der Waals surface area contributed by atoms with Gasteiger partial charge in [0.2, 0.25) is 0 Å². The molecule has 1 aliphatic heterocycles. The zero-order valence-corrected chi connectivity index (χ0v) is 9.02. The molecule has 0 saturated carbocycles. The predicted octanol–water partition coefficient (Wildman–Crippen LogP) is 0.654. The summed E-state index contributed by atoms with van der Waals surface area (Å²) in [6.07, 6.45) is 3.46. The SMILES string of the molecule is CC.CS(=O)n1cc2c(n1)CNC2. The number of fused-ring (bicyclic) bond motifs is 1. The van der Waals surface area contributed by atoms with Crippen LogP contribution in [0, 0.1) is 0 Å². The zero-order chi connectivity index (χ0) is 9.84. The zero-order valence-electron chi connectivity index (χ0n) is 8.20. The van der Waals surface area contributed by atoms with Crippen molar-refractivity contribution < 1.29 is 4.21 Å². The maximum absolute atomic E-state index is 10.9. The van der Waals surface area contributed by atoms with E-state index in [-0.39, 0.29) is 0 Å². The Bertz CT molecular complexity index is 287. The molecule has 2 rings (SSSR count). The Morgan fingerprint density at radius 2 is 2.23 bits per heavy atom. The molecule has 2 heterocycles. The Kier molecular flexibility index (Phi) is 3.62. The van der Waals surface area contributed by atoms with Gasteiger partial charge in [-0.2, -0.15) is 9.19 Å². The van der Waals surface area contributed by atoms with Gasteiger partial charge in [0.1, 0.15) is 11.0 Å². The Balaban J connectivity index is 0.000000396. The van der Waals surface area contributed by atoms with E-state index in [1.54, 1.807) is 6.26 Å². The molecule has 0 aliphatic carbocycles. The minimum atomic E-state index is -1.01. The molecule has 1 aromatic rings. The Morgan fingerprint density at radius 3 is 2.77 bits per heavy atom. The van der Waals surface area contributed by atoms with Crippen LogP contribution < -0.4 is 5.32 Å². The van der Waals surface area contributed by atoms with Gasteiger partial charge >= 0.3 is 0 Å². The van der Waals surface area contributed by atoms with Crippen molar-refractivity contribution in [1.29, 1.82) is 0 Å². The molecular formula is C8H15N3OS. The second-order valence-electron chi connectivity index (χ2n) is 2.53. The number of hydrogen-bond acceptors (Lipinski definition) is 3. The first-order chi connectivity index (χ1) is 6.27. The maximum atomic E-state index is 10.9. The van der Waals surface area contributed by atoms with E-state index < -0.39 is 11.0 Å². The Hall–Kier alpha value is -0.680. The summed E-state index contributed by atoms with van der Waals surface area (Å²) >= 11 is 0. The van der Waals surface area contributed by atoms with Gasteiger partial charge in [0.15, 0.2) is 0 Å². The molecule has 1 aliphatic rings. The van der Waals surface area contributed by atoms with Crippen LogP contribution in [0.1, 0.15) is 25.1 Å². The maximum Gasteiger partial charge on any atom is 0.136 e. The van der Waals surface area contributed by atoms with Crippen LogP contribution in [-0.2, 0) is 24.1 Å². The second-order valence-corrected chi connectivity index (χ2v) is 3.75. The largest absolute Gasteiger partial charge is 0.307 e. The third-order valence-electron chi connectivity index (χ3n) is 1.73. The van der Waals surface area contributed by atoms with Crippen LogP contribution in [0.5, 0.6) is 0 Å². The summed E-state index contributed by atoms with van der Waals surface area (Å²) in [6, 6.07) is 0. The summed E-state index contributed by atoms with van der Waals surface area (Å²) in [5.74, 6) is 0. The molecule has 4 nitrogen and oxygen atoms in total. The number of hydrogen-bond donors (Lipinski definition) is 1. The van der Waals surface area contributed by atoms with E-state index >= 15 is 0 Å². The van der Waals surface area contributed by atoms with Crippen LogP contribution in [0.15, 0.2) is 6.20 Å². The molecule has 0 radical (unpaired) electrons. The van der Waals surface area contributed by atoms with Gasteiger partial charge in [-0.15, -0.1) is 0 Å². The molecule has 13 heavy (non-hydrogen) atoms. The molecular weight excluding hydrogens is 186 g/mol. The third kappa shape index (κ3) is 2.16. The van der Waals surface area contributed by atoms with E-state index in [4.69, 9.17) is 0 Å². The van der Waals surface area contributed by atoms with Gasteiger partial charge in [-0.3, -0.25) is 0 Å². The van der Waals surface area contributed by atoms with Crippen LogP contribution in [0.2, 0.25) is 0 Å². The Morgan fingerprint density at radius 1 is 1.54 bits per heavy atom. The number of nitrogens with one attached hydrogen (secondary N) is 1. The molecule has 0 saturated heterocycles. The summed E-state index contributed by atoms with van der Waals surface area (Å²) in [4.78, 5) is 0. The van der Waals surface area contributed by atoms with E-state index in [0.717, 1.165) is 18.8 Å². The Labute approximate surface area is 80.9 Å². The van der Waals surface area contributed by atoms with Crippen molar-refractivity contribution in [3.63, 3.8) is 0 Å². The molecule has 74 valence electrons. The first-order valence-electron chi connectivity index (χ1n) is 4.39. The summed E-state index contributed by atoms with van der Waals surface area (Å²) in [7, 11) is -1.01. The van der Waals surface area contributed by atoms with Crippen molar-refractivity contribution in [1.82, 2.24) is 14.5 Å². The molecule has 5 heteroatoms. The average molecular weight is 201 g/mol. The molecule has 0 aromatic carbocycles. The summed E-state index contributed by atoms with van der Waals surface area (Å²) < 4.78 is 12.4. The highest BCUT2D eigenvalue weighted by molar-refractivity contribution is 7.82. The highest BCUT2D eigenvalue weighted by Crippen LogP contribution is 2.12. The lowest BCUT2D eigenvalue weighted by molar-refractivity contribution is 0.670. The first kappa shape index (κ1) is 10.4. The van der Waals surface area contributed by atoms with E-state index in [0.29, 0.717) is 0 Å². The standard InChI is InChI=1S/C6H9N3OS.C2H6/c1-11(10)9-4-5-2-7-3-6(5)8-9;1-2/h4,7H,2-3H2,1H3;1-2H3. The molecule has 0 spiro atoms. The molecule has 1 atom stereocenters. The highest BCUT2D eigenvalue weighted by atomic mass is 32.2. The first-order valence-corrected chi connectivity index (χ1v) is 5.91. The van der Waals surface area contributed by atoms with Gasteiger partial charge in [-0.1, -0.05) is 13.8 Å². The third-order valence-corrected chi connectivity index (χ3v) is 2.44. The summed E-state index contributed by atoms with van der Waals surface area (Å²) in [5, 5.41) is 7.30. The van der Waals surface area contributed by atoms with E-state index in [1.807, 2.05) is 20.0 Å². The van der Waals surface area contributed by atoms with Crippen LogP contribution >= 0.6 is 0 Å². The van der Waals surface area contributed by atoms with Crippen LogP contribution in [-0.4, -0.2) is 19.7 Å². The van der Waals surface area contributed by atoms with E-state index in [1.165, 1.54) is 9.65 Å². The van der Waals surface area contributed by atoms with Gasteiger partial charge in [-0.25, -0.2) is 4.21 Å². The van der Waals surface area contributed by atoms with Crippen molar-refractivity contribution in [2.24, 2.45) is 0 Å². The molecule has 0 amide bonds. The van der Waals surface area contributed by atoms with Crippen molar-refractivity contribution in [3.05, 3.63) is 17.5 Å². The molecule has 1 aromatic heterocycles. The molecule has 0 bridgehead atoms. The van der Waals surface area contributed by atoms with Crippen molar-refractivity contribution >= 4 is 11.0 Å². The molecule has 1 unspecified atom stereocenters. The quantitative estimate of drug-likeness (QED) is 0.726. The van der Waals surface area contributed by atoms with Crippen LogP contribution in [0.25, 0.3) is 0 Å². The molecule has 1 N–H and O–H groups in total. The van der Waals surface area contributed by atoms with Gasteiger partial charge in [0.05, 0.1) is 5.69 Å². The summed E-state index contributed by atoms with van der Waals surface area (Å²) in [6.45, 7) is 5.66. The number of nitrogens with zero attached hydrogens (tertiary/aromatic N) is 2. The monoisotopic (exact) mass is 201 g/mol. The summed E-state index contributed by atoms with van der Waals surface area (Å²) in [5.41, 5.74) is 2.19. The van der Waals surface area contributed by atoms with Crippen LogP contribution in [0.4, 0.5) is 0 Å². The highest BCUT2D eigenvalue weighted by Gasteiger charge is 2.14. The van der Waals surface area contributed by atoms with Crippen LogP contribution in [0.3, 0.4) is 0 Å². The van der Waals surface area contributed by atoms with Gasteiger partial charge in [-0.05, 0) is 0 Å². The lowest BCUT2D eigenvalue weighted by Crippen LogP contribution is -2.07.